The van der Waals surface area contributed by atoms with Crippen LogP contribution in [-0.4, -0.2) is 31.5 Å². The highest BCUT2D eigenvalue weighted by Gasteiger charge is 2.16. The molecule has 0 heterocycles. The molecule has 4 rings (SSSR count). The van der Waals surface area contributed by atoms with E-state index in [2.05, 4.69) is 10.6 Å². The molecule has 0 radical (unpaired) electrons. The number of benzene rings is 3. The van der Waals surface area contributed by atoms with Gasteiger partial charge in [0.2, 0.25) is 0 Å². The Bertz CT molecular complexity index is 1090. The summed E-state index contributed by atoms with van der Waals surface area (Å²) in [6.45, 7) is 0.494. The first-order valence-corrected chi connectivity index (χ1v) is 11.4. The summed E-state index contributed by atoms with van der Waals surface area (Å²) < 4.78 is 5.40. The SMILES string of the molecule is COc1ccc2cc(C(=O)c3ccccc3)cc(CCNC(=O)NC3CCCCC3)c2c1. The van der Waals surface area contributed by atoms with Crippen LogP contribution in [0.1, 0.15) is 53.6 Å². The molecule has 1 fully saturated rings. The van der Waals surface area contributed by atoms with E-state index in [0.29, 0.717) is 24.1 Å². The van der Waals surface area contributed by atoms with E-state index in [1.165, 1.54) is 19.3 Å². The number of nitrogens with one attached hydrogen (secondary N) is 2. The second kappa shape index (κ2) is 10.3. The molecule has 0 bridgehead atoms. The number of fused-ring (bicyclic) bond motifs is 1. The van der Waals surface area contributed by atoms with E-state index in [4.69, 9.17) is 4.74 Å². The van der Waals surface area contributed by atoms with E-state index >= 15 is 0 Å². The van der Waals surface area contributed by atoms with E-state index in [1.54, 1.807) is 7.11 Å². The molecule has 5 heteroatoms. The van der Waals surface area contributed by atoms with Crippen molar-refractivity contribution in [3.63, 3.8) is 0 Å². The van der Waals surface area contributed by atoms with Crippen molar-refractivity contribution in [2.75, 3.05) is 13.7 Å². The summed E-state index contributed by atoms with van der Waals surface area (Å²) >= 11 is 0. The number of hydrogen-bond acceptors (Lipinski definition) is 3. The molecule has 1 aliphatic carbocycles. The van der Waals surface area contributed by atoms with E-state index in [0.717, 1.165) is 34.9 Å². The highest BCUT2D eigenvalue weighted by molar-refractivity contribution is 6.11. The maximum Gasteiger partial charge on any atom is 0.315 e. The molecule has 3 aromatic carbocycles. The Kier molecular flexibility index (Phi) is 7.05. The summed E-state index contributed by atoms with van der Waals surface area (Å²) in [5.74, 6) is 0.761. The third-order valence-corrected chi connectivity index (χ3v) is 6.17. The van der Waals surface area contributed by atoms with Crippen LogP contribution in [0.15, 0.2) is 60.7 Å². The predicted octanol–water partition coefficient (Wildman–Crippen LogP) is 5.25. The Morgan fingerprint density at radius 3 is 2.47 bits per heavy atom. The van der Waals surface area contributed by atoms with Crippen LogP contribution >= 0.6 is 0 Å². The number of hydrogen-bond donors (Lipinski definition) is 2. The van der Waals surface area contributed by atoms with Gasteiger partial charge in [-0.1, -0.05) is 55.7 Å². The van der Waals surface area contributed by atoms with Gasteiger partial charge in [-0.15, -0.1) is 0 Å². The Hall–Kier alpha value is -3.34. The number of methoxy groups -OCH3 is 1. The first kappa shape index (κ1) is 21.9. The van der Waals surface area contributed by atoms with Crippen molar-refractivity contribution in [1.82, 2.24) is 10.6 Å². The lowest BCUT2D eigenvalue weighted by Gasteiger charge is -2.22. The second-order valence-corrected chi connectivity index (χ2v) is 8.40. The lowest BCUT2D eigenvalue weighted by Crippen LogP contribution is -2.43. The largest absolute Gasteiger partial charge is 0.497 e. The van der Waals surface area contributed by atoms with Gasteiger partial charge in [-0.3, -0.25) is 4.79 Å². The number of urea groups is 1. The Labute approximate surface area is 189 Å². The van der Waals surface area contributed by atoms with Crippen molar-refractivity contribution in [3.05, 3.63) is 77.4 Å². The molecule has 1 saturated carbocycles. The smallest absolute Gasteiger partial charge is 0.315 e. The summed E-state index contributed by atoms with van der Waals surface area (Å²) in [6.07, 6.45) is 6.36. The number of ketones is 1. The first-order chi connectivity index (χ1) is 15.6. The zero-order valence-corrected chi connectivity index (χ0v) is 18.5. The highest BCUT2D eigenvalue weighted by atomic mass is 16.5. The van der Waals surface area contributed by atoms with Crippen LogP contribution in [0.3, 0.4) is 0 Å². The van der Waals surface area contributed by atoms with Crippen LogP contribution in [0.2, 0.25) is 0 Å². The van der Waals surface area contributed by atoms with Crippen molar-refractivity contribution in [2.24, 2.45) is 0 Å². The van der Waals surface area contributed by atoms with Crippen molar-refractivity contribution in [2.45, 2.75) is 44.6 Å². The standard InChI is InChI=1S/C27H30N2O3/c1-32-24-13-12-20-16-22(26(30)19-8-4-2-5-9-19)17-21(25(20)18-24)14-15-28-27(31)29-23-10-6-3-7-11-23/h2,4-5,8-9,12-13,16-18,23H,3,6-7,10-11,14-15H2,1H3,(H2,28,29,31). The zero-order chi connectivity index (χ0) is 22.3. The topological polar surface area (TPSA) is 67.4 Å². The van der Waals surface area contributed by atoms with Gasteiger partial charge in [-0.2, -0.15) is 0 Å². The van der Waals surface area contributed by atoms with Crippen LogP contribution in [0, 0.1) is 0 Å². The average molecular weight is 431 g/mol. The molecular weight excluding hydrogens is 400 g/mol. The number of carbonyl (C=O) groups excluding carboxylic acids is 2. The summed E-state index contributed by atoms with van der Waals surface area (Å²) in [6, 6.07) is 19.2. The first-order valence-electron chi connectivity index (χ1n) is 11.4. The van der Waals surface area contributed by atoms with Crippen LogP contribution < -0.4 is 15.4 Å². The van der Waals surface area contributed by atoms with E-state index in [1.807, 2.05) is 60.7 Å². The molecule has 32 heavy (non-hydrogen) atoms. The molecule has 0 saturated heterocycles. The maximum atomic E-state index is 13.1. The van der Waals surface area contributed by atoms with Gasteiger partial charge in [0.25, 0.3) is 0 Å². The summed E-state index contributed by atoms with van der Waals surface area (Å²) in [5.41, 5.74) is 2.32. The van der Waals surface area contributed by atoms with E-state index < -0.39 is 0 Å². The Balaban J connectivity index is 1.52. The number of rotatable bonds is 7. The lowest BCUT2D eigenvalue weighted by molar-refractivity contribution is 0.103. The minimum atomic E-state index is -0.115. The second-order valence-electron chi connectivity index (χ2n) is 8.40. The van der Waals surface area contributed by atoms with E-state index in [9.17, 15) is 9.59 Å². The number of amides is 2. The van der Waals surface area contributed by atoms with Crippen LogP contribution in [0.25, 0.3) is 10.8 Å². The maximum absolute atomic E-state index is 13.1. The van der Waals surface area contributed by atoms with Gasteiger partial charge in [0.05, 0.1) is 7.11 Å². The summed E-state index contributed by atoms with van der Waals surface area (Å²) in [7, 11) is 1.64. The fraction of sp³-hybridized carbons (Fsp3) is 0.333. The third kappa shape index (κ3) is 5.28. The molecule has 5 nitrogen and oxygen atoms in total. The molecule has 3 aromatic rings. The molecule has 166 valence electrons. The van der Waals surface area contributed by atoms with Gasteiger partial charge in [-0.05, 0) is 59.9 Å². The minimum absolute atomic E-state index is 0.00688. The van der Waals surface area contributed by atoms with E-state index in [-0.39, 0.29) is 17.9 Å². The fourth-order valence-corrected chi connectivity index (χ4v) is 4.43. The lowest BCUT2D eigenvalue weighted by atomic mass is 9.94. The van der Waals surface area contributed by atoms with Crippen molar-refractivity contribution >= 4 is 22.6 Å². The van der Waals surface area contributed by atoms with Gasteiger partial charge >= 0.3 is 6.03 Å². The van der Waals surface area contributed by atoms with Crippen molar-refractivity contribution in [3.8, 4) is 5.75 Å². The predicted molar refractivity (Wildman–Crippen MR) is 127 cm³/mol. The molecule has 0 unspecified atom stereocenters. The number of carbonyl (C=O) groups is 2. The molecule has 0 atom stereocenters. The normalized spacial score (nSPS) is 14.2. The van der Waals surface area contributed by atoms with Crippen molar-refractivity contribution in [1.29, 1.82) is 0 Å². The van der Waals surface area contributed by atoms with Gasteiger partial charge in [0.15, 0.2) is 5.78 Å². The summed E-state index contributed by atoms with van der Waals surface area (Å²) in [5, 5.41) is 8.09. The van der Waals surface area contributed by atoms with Gasteiger partial charge in [0.1, 0.15) is 5.75 Å². The molecule has 2 N–H and O–H groups in total. The molecular formula is C27H30N2O3. The molecule has 2 amide bonds. The van der Waals surface area contributed by atoms with Crippen molar-refractivity contribution < 1.29 is 14.3 Å². The summed E-state index contributed by atoms with van der Waals surface area (Å²) in [4.78, 5) is 25.4. The fourth-order valence-electron chi connectivity index (χ4n) is 4.43. The molecule has 0 aliphatic heterocycles. The Morgan fingerprint density at radius 2 is 1.72 bits per heavy atom. The quantitative estimate of drug-likeness (QED) is 0.503. The molecule has 1 aliphatic rings. The van der Waals surface area contributed by atoms with Gasteiger partial charge in [-0.25, -0.2) is 4.79 Å². The zero-order valence-electron chi connectivity index (χ0n) is 18.5. The van der Waals surface area contributed by atoms with Gasteiger partial charge in [0, 0.05) is 23.7 Å². The van der Waals surface area contributed by atoms with Crippen LogP contribution in [0.5, 0.6) is 5.75 Å². The number of ether oxygens (including phenoxy) is 1. The Morgan fingerprint density at radius 1 is 0.938 bits per heavy atom. The van der Waals surface area contributed by atoms with Gasteiger partial charge < -0.3 is 15.4 Å². The monoisotopic (exact) mass is 430 g/mol. The average Bonchev–Trinajstić information content (AvgIpc) is 2.84. The third-order valence-electron chi connectivity index (χ3n) is 6.17. The minimum Gasteiger partial charge on any atom is -0.497 e. The molecule has 0 aromatic heterocycles. The molecule has 0 spiro atoms. The van der Waals surface area contributed by atoms with Crippen LogP contribution in [0.4, 0.5) is 4.79 Å². The van der Waals surface area contributed by atoms with Crippen LogP contribution in [-0.2, 0) is 6.42 Å². The highest BCUT2D eigenvalue weighted by Crippen LogP contribution is 2.27.